The van der Waals surface area contributed by atoms with Crippen molar-refractivity contribution < 1.29 is 0 Å². The van der Waals surface area contributed by atoms with Gasteiger partial charge in [0.1, 0.15) is 0 Å². The minimum Gasteiger partial charge on any atom is -0.310 e. The van der Waals surface area contributed by atoms with Crippen LogP contribution in [0.15, 0.2) is 48.5 Å². The van der Waals surface area contributed by atoms with Crippen molar-refractivity contribution in [2.24, 2.45) is 0 Å². The molecule has 0 aromatic heterocycles. The topological polar surface area (TPSA) is 15.3 Å². The van der Waals surface area contributed by atoms with E-state index in [9.17, 15) is 0 Å². The largest absolute Gasteiger partial charge is 0.310 e. The van der Waals surface area contributed by atoms with Gasteiger partial charge in [-0.15, -0.1) is 0 Å². The monoisotopic (exact) mass is 228 g/mol. The number of hydrogen-bond donors (Lipinski definition) is 1. The Labute approximate surface area is 99.6 Å². The van der Waals surface area contributed by atoms with E-state index in [0.717, 1.165) is 0 Å². The predicted octanol–water partition coefficient (Wildman–Crippen LogP) is 4.12. The third kappa shape index (κ3) is 1.53. The summed E-state index contributed by atoms with van der Waals surface area (Å²) in [5, 5.41) is 0. The smallest absolute Gasteiger partial charge is 0.0782 e. The van der Waals surface area contributed by atoms with Gasteiger partial charge in [-0.05, 0) is 36.8 Å². The highest BCUT2D eigenvalue weighted by molar-refractivity contribution is 8.02. The van der Waals surface area contributed by atoms with E-state index >= 15 is 0 Å². The van der Waals surface area contributed by atoms with Crippen LogP contribution in [0.25, 0.3) is 0 Å². The first-order valence-corrected chi connectivity index (χ1v) is 6.01. The third-order valence-electron chi connectivity index (χ3n) is 2.61. The fourth-order valence-electron chi connectivity index (χ4n) is 1.83. The maximum atomic E-state index is 3.31. The summed E-state index contributed by atoms with van der Waals surface area (Å²) in [6, 6.07) is 16.9. The maximum Gasteiger partial charge on any atom is 0.0782 e. The molecule has 0 fully saturated rings. The van der Waals surface area contributed by atoms with Gasteiger partial charge in [0, 0.05) is 0 Å². The molecule has 16 heavy (non-hydrogen) atoms. The number of hydrogen-bond acceptors (Lipinski definition) is 3. The number of benzene rings is 2. The van der Waals surface area contributed by atoms with Gasteiger partial charge in [-0.3, -0.25) is 4.31 Å². The van der Waals surface area contributed by atoms with E-state index in [1.165, 1.54) is 22.6 Å². The first-order chi connectivity index (χ1) is 7.84. The summed E-state index contributed by atoms with van der Waals surface area (Å²) >= 11 is 1.62. The van der Waals surface area contributed by atoms with E-state index in [1.807, 2.05) is 6.07 Å². The number of para-hydroxylation sites is 2. The van der Waals surface area contributed by atoms with Crippen molar-refractivity contribution in [3.05, 3.63) is 54.1 Å². The molecule has 0 spiro atoms. The molecule has 3 heteroatoms. The van der Waals surface area contributed by atoms with Gasteiger partial charge in [0.25, 0.3) is 0 Å². The molecule has 80 valence electrons. The SMILES string of the molecule is Cc1cccc(N2SNc3ccccc32)c1. The van der Waals surface area contributed by atoms with Crippen LogP contribution in [-0.2, 0) is 0 Å². The van der Waals surface area contributed by atoms with Crippen LogP contribution in [0.2, 0.25) is 0 Å². The molecule has 0 bridgehead atoms. The summed E-state index contributed by atoms with van der Waals surface area (Å²) < 4.78 is 5.52. The Kier molecular flexibility index (Phi) is 2.26. The predicted molar refractivity (Wildman–Crippen MR) is 71.0 cm³/mol. The fourth-order valence-corrected chi connectivity index (χ4v) is 2.67. The minimum atomic E-state index is 1.18. The van der Waals surface area contributed by atoms with Crippen LogP contribution in [0, 0.1) is 6.92 Å². The number of rotatable bonds is 1. The van der Waals surface area contributed by atoms with E-state index in [0.29, 0.717) is 0 Å². The molecule has 0 saturated carbocycles. The van der Waals surface area contributed by atoms with E-state index in [1.54, 1.807) is 12.1 Å². The zero-order valence-electron chi connectivity index (χ0n) is 8.97. The summed E-state index contributed by atoms with van der Waals surface area (Å²) in [5.74, 6) is 0. The van der Waals surface area contributed by atoms with Crippen LogP contribution < -0.4 is 9.03 Å². The average molecular weight is 228 g/mol. The molecule has 0 aliphatic carbocycles. The molecule has 0 unspecified atom stereocenters. The van der Waals surface area contributed by atoms with Crippen molar-refractivity contribution in [2.75, 3.05) is 9.03 Å². The normalized spacial score (nSPS) is 13.4. The highest BCUT2D eigenvalue weighted by Crippen LogP contribution is 2.43. The Morgan fingerprint density at radius 3 is 2.81 bits per heavy atom. The molecular formula is C13H12N2S. The zero-order valence-corrected chi connectivity index (χ0v) is 9.79. The van der Waals surface area contributed by atoms with Crippen molar-refractivity contribution in [1.82, 2.24) is 0 Å². The Morgan fingerprint density at radius 2 is 1.94 bits per heavy atom. The summed E-state index contributed by atoms with van der Waals surface area (Å²) in [4.78, 5) is 0. The van der Waals surface area contributed by atoms with Crippen molar-refractivity contribution in [1.29, 1.82) is 0 Å². The molecule has 1 heterocycles. The first kappa shape index (κ1) is 9.60. The third-order valence-corrected chi connectivity index (χ3v) is 3.51. The van der Waals surface area contributed by atoms with Gasteiger partial charge in [-0.2, -0.15) is 0 Å². The van der Waals surface area contributed by atoms with Crippen molar-refractivity contribution in [3.63, 3.8) is 0 Å². The van der Waals surface area contributed by atoms with Crippen LogP contribution in [-0.4, -0.2) is 0 Å². The number of fused-ring (bicyclic) bond motifs is 1. The standard InChI is InChI=1S/C13H12N2S/c1-10-5-4-6-11(9-10)15-13-8-3-2-7-12(13)14-16-15/h2-9,14H,1H3. The molecule has 1 N–H and O–H groups in total. The highest BCUT2D eigenvalue weighted by atomic mass is 32.2. The first-order valence-electron chi connectivity index (χ1n) is 5.23. The van der Waals surface area contributed by atoms with Gasteiger partial charge in [0.2, 0.25) is 0 Å². The van der Waals surface area contributed by atoms with Gasteiger partial charge >= 0.3 is 0 Å². The molecular weight excluding hydrogens is 216 g/mol. The molecule has 0 saturated heterocycles. The number of nitrogens with zero attached hydrogens (tertiary/aromatic N) is 1. The lowest BCUT2D eigenvalue weighted by molar-refractivity contribution is 1.41. The lowest BCUT2D eigenvalue weighted by atomic mass is 10.2. The van der Waals surface area contributed by atoms with Gasteiger partial charge in [0.15, 0.2) is 0 Å². The Balaban J connectivity index is 2.05. The minimum absolute atomic E-state index is 1.18. The van der Waals surface area contributed by atoms with E-state index in [2.05, 4.69) is 58.4 Å². The lowest BCUT2D eigenvalue weighted by Gasteiger charge is -2.16. The number of nitrogens with one attached hydrogen (secondary N) is 1. The van der Waals surface area contributed by atoms with E-state index in [4.69, 9.17) is 0 Å². The second-order valence-corrected chi connectivity index (χ2v) is 4.60. The number of anilines is 3. The Bertz CT molecular complexity index is 525. The molecule has 1 aliphatic rings. The van der Waals surface area contributed by atoms with Crippen LogP contribution in [0.5, 0.6) is 0 Å². The van der Waals surface area contributed by atoms with Gasteiger partial charge < -0.3 is 4.72 Å². The summed E-state index contributed by atoms with van der Waals surface area (Å²) in [6.07, 6.45) is 0. The maximum absolute atomic E-state index is 3.31. The van der Waals surface area contributed by atoms with E-state index in [-0.39, 0.29) is 0 Å². The molecule has 0 radical (unpaired) electrons. The molecule has 2 nitrogen and oxygen atoms in total. The van der Waals surface area contributed by atoms with Crippen LogP contribution in [0.4, 0.5) is 17.1 Å². The molecule has 0 amide bonds. The van der Waals surface area contributed by atoms with Crippen LogP contribution >= 0.6 is 12.1 Å². The molecule has 2 aromatic carbocycles. The lowest BCUT2D eigenvalue weighted by Crippen LogP contribution is -2.02. The summed E-state index contributed by atoms with van der Waals surface area (Å²) in [7, 11) is 0. The Morgan fingerprint density at radius 1 is 1.06 bits per heavy atom. The summed E-state index contributed by atoms with van der Waals surface area (Å²) in [6.45, 7) is 2.11. The van der Waals surface area contributed by atoms with E-state index < -0.39 is 0 Å². The second kappa shape index (κ2) is 3.76. The van der Waals surface area contributed by atoms with Gasteiger partial charge in [-0.1, -0.05) is 24.3 Å². The Hall–Kier alpha value is -1.61. The highest BCUT2D eigenvalue weighted by Gasteiger charge is 2.20. The van der Waals surface area contributed by atoms with Gasteiger partial charge in [-0.25, -0.2) is 0 Å². The van der Waals surface area contributed by atoms with Gasteiger partial charge in [0.05, 0.1) is 29.2 Å². The molecule has 1 aliphatic heterocycles. The summed E-state index contributed by atoms with van der Waals surface area (Å²) in [5.41, 5.74) is 4.89. The zero-order chi connectivity index (χ0) is 11.0. The van der Waals surface area contributed by atoms with Crippen molar-refractivity contribution in [2.45, 2.75) is 6.92 Å². The van der Waals surface area contributed by atoms with Crippen molar-refractivity contribution >= 4 is 29.2 Å². The van der Waals surface area contributed by atoms with Crippen LogP contribution in [0.3, 0.4) is 0 Å². The van der Waals surface area contributed by atoms with Crippen molar-refractivity contribution in [3.8, 4) is 0 Å². The molecule has 0 atom stereocenters. The van der Waals surface area contributed by atoms with Crippen LogP contribution in [0.1, 0.15) is 5.56 Å². The molecule has 2 aromatic rings. The average Bonchev–Trinajstić information content (AvgIpc) is 2.72. The fraction of sp³-hybridized carbons (Fsp3) is 0.0769. The quantitative estimate of drug-likeness (QED) is 0.739. The number of aryl methyl sites for hydroxylation is 1. The molecule has 3 rings (SSSR count). The second-order valence-electron chi connectivity index (χ2n) is 3.84.